The van der Waals surface area contributed by atoms with Crippen LogP contribution >= 0.6 is 0 Å². The molecule has 0 aliphatic heterocycles. The van der Waals surface area contributed by atoms with Gasteiger partial charge in [0.1, 0.15) is 0 Å². The highest BCUT2D eigenvalue weighted by molar-refractivity contribution is 6.17. The van der Waals surface area contributed by atoms with Crippen LogP contribution in [0.5, 0.6) is 0 Å². The zero-order chi connectivity index (χ0) is 45.0. The van der Waals surface area contributed by atoms with Crippen LogP contribution < -0.4 is 0 Å². The molecule has 0 N–H and O–H groups in total. The Morgan fingerprint density at radius 1 is 0.265 bits per heavy atom. The second-order valence-electron chi connectivity index (χ2n) is 16.9. The molecule has 13 rings (SSSR count). The molecule has 7 heteroatoms. The van der Waals surface area contributed by atoms with Gasteiger partial charge in [-0.2, -0.15) is 9.97 Å². The van der Waals surface area contributed by atoms with Gasteiger partial charge in [0.15, 0.2) is 17.5 Å². The van der Waals surface area contributed by atoms with Crippen LogP contribution in [-0.2, 0) is 0 Å². The number of rotatable bonds is 8. The fourth-order valence-corrected chi connectivity index (χ4v) is 9.64. The third-order valence-electron chi connectivity index (χ3n) is 12.8. The van der Waals surface area contributed by atoms with Crippen molar-refractivity contribution in [3.05, 3.63) is 237 Å². The van der Waals surface area contributed by atoms with Gasteiger partial charge >= 0.3 is 0 Å². The maximum Gasteiger partial charge on any atom is 0.238 e. The number of hydrogen-bond donors (Lipinski definition) is 0. The number of hydrogen-bond acceptors (Lipinski definition) is 5. The summed E-state index contributed by atoms with van der Waals surface area (Å²) < 4.78 is 4.54. The van der Waals surface area contributed by atoms with Gasteiger partial charge in [0.05, 0.1) is 33.5 Å². The first-order chi connectivity index (χ1) is 33.7. The van der Waals surface area contributed by atoms with Gasteiger partial charge in [-0.15, -0.1) is 0 Å². The van der Waals surface area contributed by atoms with E-state index in [-0.39, 0.29) is 0 Å². The predicted molar refractivity (Wildman–Crippen MR) is 277 cm³/mol. The molecular formula is C61H39N7. The number of benzene rings is 9. The van der Waals surface area contributed by atoms with Gasteiger partial charge in [-0.05, 0) is 65.7 Å². The average Bonchev–Trinajstić information content (AvgIpc) is 3.94. The lowest BCUT2D eigenvalue weighted by atomic mass is 9.98. The molecule has 318 valence electrons. The summed E-state index contributed by atoms with van der Waals surface area (Å²) in [6, 6.07) is 82.3. The van der Waals surface area contributed by atoms with E-state index in [2.05, 4.69) is 161 Å². The Kier molecular flexibility index (Phi) is 9.35. The summed E-state index contributed by atoms with van der Waals surface area (Å²) in [6.45, 7) is 0. The second-order valence-corrected chi connectivity index (χ2v) is 16.9. The predicted octanol–water partition coefficient (Wildman–Crippen LogP) is 14.9. The molecule has 0 spiro atoms. The number of nitrogens with zero attached hydrogens (tertiary/aromatic N) is 7. The van der Waals surface area contributed by atoms with Crippen molar-refractivity contribution < 1.29 is 0 Å². The van der Waals surface area contributed by atoms with E-state index in [1.54, 1.807) is 0 Å². The van der Waals surface area contributed by atoms with E-state index in [9.17, 15) is 0 Å². The Morgan fingerprint density at radius 2 is 0.735 bits per heavy atom. The van der Waals surface area contributed by atoms with Gasteiger partial charge in [0.25, 0.3) is 0 Å². The molecule has 0 amide bonds. The smallest absolute Gasteiger partial charge is 0.238 e. The Hall–Kier alpha value is -9.33. The van der Waals surface area contributed by atoms with E-state index in [4.69, 9.17) is 24.9 Å². The van der Waals surface area contributed by atoms with E-state index in [0.29, 0.717) is 23.4 Å². The summed E-state index contributed by atoms with van der Waals surface area (Å²) in [7, 11) is 0. The van der Waals surface area contributed by atoms with Gasteiger partial charge < -0.3 is 4.57 Å². The van der Waals surface area contributed by atoms with Crippen LogP contribution in [0.4, 0.5) is 0 Å². The number of aromatic nitrogens is 7. The third-order valence-corrected chi connectivity index (χ3v) is 12.8. The lowest BCUT2D eigenvalue weighted by Crippen LogP contribution is -2.06. The van der Waals surface area contributed by atoms with Crippen LogP contribution in [0.3, 0.4) is 0 Å². The maximum absolute atomic E-state index is 5.32. The molecule has 0 atom stereocenters. The van der Waals surface area contributed by atoms with Gasteiger partial charge in [0.2, 0.25) is 5.95 Å². The minimum absolute atomic E-state index is 0.565. The van der Waals surface area contributed by atoms with E-state index in [0.717, 1.165) is 99.6 Å². The standard InChI is InChI=1S/C61H39N7/c1-6-19-40(20-7-1)51-39-52(63-58(62-51)41-21-8-2-9-22-41)48-30-18-32-56-57(48)50-38-45(34-36-55(50)67(56)46-27-14-5-15-28-46)44-33-35-54-49(37-44)47-29-16-17-31-53(47)68(54)61-65-59(42-23-10-3-11-24-42)64-60(66-61)43-25-12-4-13-26-43/h1-39H. The van der Waals surface area contributed by atoms with E-state index < -0.39 is 0 Å². The quantitative estimate of drug-likeness (QED) is 0.152. The highest BCUT2D eigenvalue weighted by atomic mass is 15.2. The fraction of sp³-hybridized carbons (Fsp3) is 0. The summed E-state index contributed by atoms with van der Waals surface area (Å²) >= 11 is 0. The molecule has 13 aromatic rings. The van der Waals surface area contributed by atoms with Crippen LogP contribution in [0.2, 0.25) is 0 Å². The van der Waals surface area contributed by atoms with Crippen molar-refractivity contribution in [1.82, 2.24) is 34.1 Å². The van der Waals surface area contributed by atoms with Crippen LogP contribution in [0.1, 0.15) is 0 Å². The van der Waals surface area contributed by atoms with Crippen LogP contribution in [0, 0.1) is 0 Å². The molecule has 0 bridgehead atoms. The first-order valence-electron chi connectivity index (χ1n) is 22.8. The molecule has 0 aliphatic rings. The Bertz CT molecular complexity index is 3880. The van der Waals surface area contributed by atoms with Crippen molar-refractivity contribution in [1.29, 1.82) is 0 Å². The monoisotopic (exact) mass is 869 g/mol. The summed E-state index contributed by atoms with van der Waals surface area (Å²) in [5.74, 6) is 2.49. The van der Waals surface area contributed by atoms with Gasteiger partial charge in [-0.25, -0.2) is 15.0 Å². The lowest BCUT2D eigenvalue weighted by molar-refractivity contribution is 0.953. The zero-order valence-electron chi connectivity index (χ0n) is 36.6. The highest BCUT2D eigenvalue weighted by Gasteiger charge is 2.22. The molecule has 0 unspecified atom stereocenters. The summed E-state index contributed by atoms with van der Waals surface area (Å²) in [5, 5.41) is 4.48. The summed E-state index contributed by atoms with van der Waals surface area (Å²) in [4.78, 5) is 25.7. The largest absolute Gasteiger partial charge is 0.309 e. The molecule has 0 saturated heterocycles. The second kappa shape index (κ2) is 16.3. The number of para-hydroxylation sites is 2. The Labute approximate surface area is 392 Å². The van der Waals surface area contributed by atoms with Gasteiger partial charge in [-0.3, -0.25) is 4.57 Å². The Morgan fingerprint density at radius 3 is 1.35 bits per heavy atom. The van der Waals surface area contributed by atoms with Crippen molar-refractivity contribution in [2.45, 2.75) is 0 Å². The van der Waals surface area contributed by atoms with Crippen LogP contribution in [0.15, 0.2) is 237 Å². The van der Waals surface area contributed by atoms with Crippen LogP contribution in [0.25, 0.3) is 123 Å². The van der Waals surface area contributed by atoms with Crippen molar-refractivity contribution in [2.75, 3.05) is 0 Å². The lowest BCUT2D eigenvalue weighted by Gasteiger charge is -2.11. The third kappa shape index (κ3) is 6.72. The molecule has 4 heterocycles. The SMILES string of the molecule is c1ccc(-c2cc(-c3cccc4c3c3cc(-c5ccc6c(c5)c5ccccc5n6-c5nc(-c6ccccc6)nc(-c6ccccc6)n5)ccc3n4-c3ccccc3)nc(-c3ccccc3)n2)cc1. The minimum Gasteiger partial charge on any atom is -0.309 e. The molecule has 4 aromatic heterocycles. The molecular weight excluding hydrogens is 831 g/mol. The van der Waals surface area contributed by atoms with Gasteiger partial charge in [-0.1, -0.05) is 182 Å². The normalized spacial score (nSPS) is 11.5. The topological polar surface area (TPSA) is 74.3 Å². The minimum atomic E-state index is 0.565. The Balaban J connectivity index is 1.02. The van der Waals surface area contributed by atoms with Crippen molar-refractivity contribution >= 4 is 43.6 Å². The first-order valence-corrected chi connectivity index (χ1v) is 22.8. The van der Waals surface area contributed by atoms with E-state index in [1.807, 2.05) is 84.9 Å². The van der Waals surface area contributed by atoms with Crippen LogP contribution in [-0.4, -0.2) is 34.1 Å². The zero-order valence-corrected chi connectivity index (χ0v) is 36.6. The van der Waals surface area contributed by atoms with Gasteiger partial charge in [0, 0.05) is 55.0 Å². The molecule has 0 fully saturated rings. The molecule has 0 radical (unpaired) electrons. The average molecular weight is 870 g/mol. The van der Waals surface area contributed by atoms with Crippen molar-refractivity contribution in [3.63, 3.8) is 0 Å². The fourth-order valence-electron chi connectivity index (χ4n) is 9.64. The first kappa shape index (κ1) is 39.1. The molecule has 68 heavy (non-hydrogen) atoms. The molecule has 0 saturated carbocycles. The van der Waals surface area contributed by atoms with E-state index in [1.165, 1.54) is 0 Å². The molecule has 7 nitrogen and oxygen atoms in total. The number of fused-ring (bicyclic) bond motifs is 6. The summed E-state index contributed by atoms with van der Waals surface area (Å²) in [6.07, 6.45) is 0. The molecule has 9 aromatic carbocycles. The van der Waals surface area contributed by atoms with Crippen molar-refractivity contribution in [3.8, 4) is 79.4 Å². The van der Waals surface area contributed by atoms with E-state index >= 15 is 0 Å². The highest BCUT2D eigenvalue weighted by Crippen LogP contribution is 2.42. The van der Waals surface area contributed by atoms with Crippen molar-refractivity contribution in [2.24, 2.45) is 0 Å². The molecule has 0 aliphatic carbocycles. The maximum atomic E-state index is 5.32. The summed E-state index contributed by atoms with van der Waals surface area (Å²) in [5.41, 5.74) is 14.2.